The van der Waals surface area contributed by atoms with Crippen LogP contribution < -0.4 is 0 Å². The molecule has 33 heavy (non-hydrogen) atoms. The van der Waals surface area contributed by atoms with Crippen LogP contribution in [0.25, 0.3) is 11.1 Å². The van der Waals surface area contributed by atoms with E-state index in [9.17, 15) is 14.7 Å². The van der Waals surface area contributed by atoms with Crippen molar-refractivity contribution in [3.05, 3.63) is 88.7 Å². The van der Waals surface area contributed by atoms with Gasteiger partial charge in [0.15, 0.2) is 5.78 Å². The number of carbonyl (C=O) groups excluding carboxylic acids is 1. The number of carboxylic acids is 1. The van der Waals surface area contributed by atoms with E-state index in [4.69, 9.17) is 0 Å². The summed E-state index contributed by atoms with van der Waals surface area (Å²) in [6, 6.07) is 17.8. The fourth-order valence-corrected chi connectivity index (χ4v) is 4.77. The average molecular weight is 443 g/mol. The van der Waals surface area contributed by atoms with Gasteiger partial charge in [0.25, 0.3) is 0 Å². The van der Waals surface area contributed by atoms with Crippen molar-refractivity contribution in [3.63, 3.8) is 0 Å². The van der Waals surface area contributed by atoms with Crippen LogP contribution in [-0.4, -0.2) is 39.3 Å². The number of hydrogen-bond donors (Lipinski definition) is 1. The molecule has 0 amide bonds. The van der Waals surface area contributed by atoms with Gasteiger partial charge in [-0.2, -0.15) is 0 Å². The van der Waals surface area contributed by atoms with E-state index in [2.05, 4.69) is 30.1 Å². The van der Waals surface area contributed by atoms with Gasteiger partial charge in [-0.15, -0.1) is 0 Å². The first-order valence-electron chi connectivity index (χ1n) is 11.5. The number of carboxylic acid groups (broad SMARTS) is 1. The number of piperidine rings is 1. The molecule has 0 radical (unpaired) electrons. The summed E-state index contributed by atoms with van der Waals surface area (Å²) in [5.41, 5.74) is 6.64. The van der Waals surface area contributed by atoms with Crippen LogP contribution in [0.5, 0.6) is 0 Å². The maximum atomic E-state index is 13.1. The summed E-state index contributed by atoms with van der Waals surface area (Å²) in [5.74, 6) is -0.770. The largest absolute Gasteiger partial charge is 0.480 e. The van der Waals surface area contributed by atoms with E-state index in [1.54, 1.807) is 6.20 Å². The highest BCUT2D eigenvalue weighted by atomic mass is 16.4. The lowest BCUT2D eigenvalue weighted by Gasteiger charge is -2.32. The number of benzene rings is 2. The van der Waals surface area contributed by atoms with Crippen LogP contribution in [0.3, 0.4) is 0 Å². The third kappa shape index (κ3) is 5.20. The number of aryl methyl sites for hydroxylation is 1. The molecule has 1 N–H and O–H groups in total. The molecule has 0 aliphatic carbocycles. The Balaban J connectivity index is 1.50. The molecule has 4 rings (SSSR count). The molecule has 1 aliphatic rings. The van der Waals surface area contributed by atoms with Crippen molar-refractivity contribution in [2.45, 2.75) is 52.1 Å². The van der Waals surface area contributed by atoms with E-state index in [0.29, 0.717) is 25.1 Å². The predicted molar refractivity (Wildman–Crippen MR) is 129 cm³/mol. The zero-order valence-corrected chi connectivity index (χ0v) is 19.3. The normalized spacial score (nSPS) is 16.5. The summed E-state index contributed by atoms with van der Waals surface area (Å²) in [6.07, 6.45) is 4.66. The van der Waals surface area contributed by atoms with E-state index in [1.165, 1.54) is 0 Å². The highest BCUT2D eigenvalue weighted by Gasteiger charge is 2.28. The second kappa shape index (κ2) is 10.1. The Labute approximate surface area is 195 Å². The Bertz CT molecular complexity index is 1160. The molecule has 0 unspecified atom stereocenters. The second-order valence-corrected chi connectivity index (χ2v) is 8.89. The molecule has 1 fully saturated rings. The zero-order chi connectivity index (χ0) is 23.4. The van der Waals surface area contributed by atoms with Gasteiger partial charge >= 0.3 is 5.97 Å². The number of carbonyl (C=O) groups is 2. The first-order valence-corrected chi connectivity index (χ1v) is 11.5. The number of Topliss-reactive ketones (excluding diaryl/α,β-unsaturated/α-hetero) is 1. The van der Waals surface area contributed by atoms with Crippen molar-refractivity contribution in [1.82, 2.24) is 9.88 Å². The van der Waals surface area contributed by atoms with Gasteiger partial charge in [0.1, 0.15) is 11.7 Å². The Hall–Kier alpha value is -3.31. The molecule has 0 saturated carbocycles. The van der Waals surface area contributed by atoms with Gasteiger partial charge in [-0.25, -0.2) is 0 Å². The van der Waals surface area contributed by atoms with E-state index in [1.807, 2.05) is 48.2 Å². The van der Waals surface area contributed by atoms with Crippen molar-refractivity contribution in [1.29, 1.82) is 0 Å². The summed E-state index contributed by atoms with van der Waals surface area (Å²) >= 11 is 0. The summed E-state index contributed by atoms with van der Waals surface area (Å²) in [7, 11) is 0. The van der Waals surface area contributed by atoms with Crippen molar-refractivity contribution in [2.24, 2.45) is 0 Å². The van der Waals surface area contributed by atoms with Crippen molar-refractivity contribution in [3.8, 4) is 11.1 Å². The van der Waals surface area contributed by atoms with Crippen LogP contribution in [0.15, 0.2) is 60.8 Å². The van der Waals surface area contributed by atoms with E-state index >= 15 is 0 Å². The standard InChI is InChI=1S/C28H30N2O3/c1-19-15-21(18-30-14-7-6-13-25(30)28(32)33)17-29-27(19)26(31)16-23-11-8-12-24(20(23)2)22-9-4-3-5-10-22/h3-5,8-12,15,17,25H,6-7,13-14,16,18H2,1-2H3,(H,32,33)/t25-/m0/s1. The van der Waals surface area contributed by atoms with E-state index in [-0.39, 0.29) is 5.78 Å². The molecular formula is C28H30N2O3. The molecule has 1 aliphatic heterocycles. The average Bonchev–Trinajstić information content (AvgIpc) is 2.81. The molecule has 5 nitrogen and oxygen atoms in total. The number of likely N-dealkylation sites (tertiary alicyclic amines) is 1. The number of aromatic nitrogens is 1. The predicted octanol–water partition coefficient (Wildman–Crippen LogP) is 5.23. The lowest BCUT2D eigenvalue weighted by molar-refractivity contribution is -0.144. The monoisotopic (exact) mass is 442 g/mol. The molecule has 1 saturated heterocycles. The smallest absolute Gasteiger partial charge is 0.320 e. The topological polar surface area (TPSA) is 70.5 Å². The Morgan fingerprint density at radius 2 is 1.85 bits per heavy atom. The maximum Gasteiger partial charge on any atom is 0.320 e. The third-order valence-electron chi connectivity index (χ3n) is 6.57. The lowest BCUT2D eigenvalue weighted by Crippen LogP contribution is -2.44. The number of aliphatic carboxylic acids is 1. The van der Waals surface area contributed by atoms with Crippen molar-refractivity contribution in [2.75, 3.05) is 6.54 Å². The summed E-state index contributed by atoms with van der Waals surface area (Å²) < 4.78 is 0. The van der Waals surface area contributed by atoms with Crippen LogP contribution in [0.1, 0.15) is 52.0 Å². The highest BCUT2D eigenvalue weighted by Crippen LogP contribution is 2.27. The van der Waals surface area contributed by atoms with Crippen molar-refractivity contribution >= 4 is 11.8 Å². The quantitative estimate of drug-likeness (QED) is 0.508. The van der Waals surface area contributed by atoms with Gasteiger partial charge in [-0.3, -0.25) is 19.5 Å². The van der Waals surface area contributed by atoms with Gasteiger partial charge in [0.05, 0.1) is 0 Å². The Morgan fingerprint density at radius 3 is 2.58 bits per heavy atom. The minimum Gasteiger partial charge on any atom is -0.480 e. The molecule has 5 heteroatoms. The molecule has 1 aromatic heterocycles. The summed E-state index contributed by atoms with van der Waals surface area (Å²) in [5, 5.41) is 9.51. The van der Waals surface area contributed by atoms with Crippen LogP contribution >= 0.6 is 0 Å². The summed E-state index contributed by atoms with van der Waals surface area (Å²) in [4.78, 5) is 31.2. The van der Waals surface area contributed by atoms with Gasteiger partial charge in [-0.1, -0.05) is 61.0 Å². The van der Waals surface area contributed by atoms with Crippen LogP contribution in [0.4, 0.5) is 0 Å². The zero-order valence-electron chi connectivity index (χ0n) is 19.3. The minimum atomic E-state index is -0.765. The molecule has 3 aromatic rings. The molecule has 1 atom stereocenters. The molecular weight excluding hydrogens is 412 g/mol. The number of ketones is 1. The molecule has 0 bridgehead atoms. The van der Waals surface area contributed by atoms with Crippen LogP contribution in [0.2, 0.25) is 0 Å². The van der Waals surface area contributed by atoms with Gasteiger partial charge < -0.3 is 5.11 Å². The molecule has 2 aromatic carbocycles. The minimum absolute atomic E-state index is 0.00579. The van der Waals surface area contributed by atoms with Gasteiger partial charge in [0.2, 0.25) is 0 Å². The number of hydrogen-bond acceptors (Lipinski definition) is 4. The molecule has 170 valence electrons. The first kappa shape index (κ1) is 22.9. The number of nitrogens with zero attached hydrogens (tertiary/aromatic N) is 2. The lowest BCUT2D eigenvalue weighted by atomic mass is 9.93. The fourth-order valence-electron chi connectivity index (χ4n) is 4.77. The Morgan fingerprint density at radius 1 is 1.06 bits per heavy atom. The van der Waals surface area contributed by atoms with Crippen LogP contribution in [0, 0.1) is 13.8 Å². The number of pyridine rings is 1. The summed E-state index contributed by atoms with van der Waals surface area (Å²) in [6.45, 7) is 5.28. The second-order valence-electron chi connectivity index (χ2n) is 8.89. The highest BCUT2D eigenvalue weighted by molar-refractivity contribution is 5.97. The maximum absolute atomic E-state index is 13.1. The Kier molecular flexibility index (Phi) is 6.99. The van der Waals surface area contributed by atoms with Crippen LogP contribution in [-0.2, 0) is 17.8 Å². The number of rotatable bonds is 7. The van der Waals surface area contributed by atoms with Gasteiger partial charge in [-0.05, 0) is 66.6 Å². The molecule has 2 heterocycles. The third-order valence-corrected chi connectivity index (χ3v) is 6.57. The fraction of sp³-hybridized carbons (Fsp3) is 0.321. The van der Waals surface area contributed by atoms with E-state index < -0.39 is 12.0 Å². The van der Waals surface area contributed by atoms with Gasteiger partial charge in [0, 0.05) is 19.2 Å². The SMILES string of the molecule is Cc1cc(CN2CCCC[C@H]2C(=O)O)cnc1C(=O)Cc1cccc(-c2ccccc2)c1C. The first-order chi connectivity index (χ1) is 15.9. The van der Waals surface area contributed by atoms with E-state index in [0.717, 1.165) is 52.8 Å². The van der Waals surface area contributed by atoms with Crippen molar-refractivity contribution < 1.29 is 14.7 Å². The molecule has 0 spiro atoms.